The third-order valence-corrected chi connectivity index (χ3v) is 7.79. The number of carboxylic acid groups (broad SMARTS) is 1. The number of aromatic carboxylic acids is 1. The summed E-state index contributed by atoms with van der Waals surface area (Å²) in [4.78, 5) is 30.3. The second-order valence-electron chi connectivity index (χ2n) is 10.7. The third kappa shape index (κ3) is 6.61. The zero-order chi connectivity index (χ0) is 32.2. The standard InChI is InChI=1S/C35H32BrN3O6/c1-20(2)27-17-28(21(3)13-30(27)43-4)33-38-29-12-7-6-11-26(29)34(40)39(33)37-18-24-15-25(36)16-31(44-5)32(24)45-19-22-9-8-10-23(14-22)35(41)42/h6-18,20H,19H2,1-5H3,(H,41,42). The van der Waals surface area contributed by atoms with E-state index in [2.05, 4.69) is 34.9 Å². The minimum absolute atomic E-state index is 0.0751. The van der Waals surface area contributed by atoms with Crippen molar-refractivity contribution >= 4 is 39.0 Å². The highest BCUT2D eigenvalue weighted by atomic mass is 79.9. The van der Waals surface area contributed by atoms with Gasteiger partial charge in [0.2, 0.25) is 0 Å². The Labute approximate surface area is 268 Å². The Morgan fingerprint density at radius 2 is 1.78 bits per heavy atom. The van der Waals surface area contributed by atoms with Gasteiger partial charge in [-0.2, -0.15) is 9.78 Å². The molecule has 5 rings (SSSR count). The Balaban J connectivity index is 1.66. The molecule has 45 heavy (non-hydrogen) atoms. The lowest BCUT2D eigenvalue weighted by molar-refractivity contribution is 0.0696. The molecule has 9 nitrogen and oxygen atoms in total. The summed E-state index contributed by atoms with van der Waals surface area (Å²) in [6.45, 7) is 6.18. The first-order chi connectivity index (χ1) is 21.6. The summed E-state index contributed by atoms with van der Waals surface area (Å²) in [7, 11) is 3.17. The Kier molecular flexibility index (Phi) is 9.34. The molecule has 0 aliphatic heterocycles. The van der Waals surface area contributed by atoms with Crippen molar-refractivity contribution < 1.29 is 24.1 Å². The van der Waals surface area contributed by atoms with Crippen LogP contribution in [0.2, 0.25) is 0 Å². The number of fused-ring (bicyclic) bond motifs is 1. The first-order valence-electron chi connectivity index (χ1n) is 14.2. The van der Waals surface area contributed by atoms with Gasteiger partial charge in [0.25, 0.3) is 5.56 Å². The number of halogens is 1. The monoisotopic (exact) mass is 669 g/mol. The van der Waals surface area contributed by atoms with Gasteiger partial charge in [0.05, 0.1) is 36.9 Å². The molecule has 0 radical (unpaired) electrons. The number of ether oxygens (including phenoxy) is 3. The average Bonchev–Trinajstić information content (AvgIpc) is 3.03. The zero-order valence-electron chi connectivity index (χ0n) is 25.5. The molecule has 0 aliphatic rings. The van der Waals surface area contributed by atoms with E-state index in [4.69, 9.17) is 19.2 Å². The Bertz CT molecular complexity index is 2000. The molecule has 0 saturated carbocycles. The van der Waals surface area contributed by atoms with Crippen LogP contribution in [0.4, 0.5) is 0 Å². The summed E-state index contributed by atoms with van der Waals surface area (Å²) in [6, 6.07) is 21.2. The van der Waals surface area contributed by atoms with Crippen molar-refractivity contribution in [2.24, 2.45) is 5.10 Å². The van der Waals surface area contributed by atoms with Crippen molar-refractivity contribution in [3.63, 3.8) is 0 Å². The summed E-state index contributed by atoms with van der Waals surface area (Å²) in [5.41, 5.74) is 4.18. The smallest absolute Gasteiger partial charge is 0.335 e. The molecule has 0 atom stereocenters. The average molecular weight is 671 g/mol. The van der Waals surface area contributed by atoms with Crippen LogP contribution in [0.1, 0.15) is 52.4 Å². The highest BCUT2D eigenvalue weighted by Crippen LogP contribution is 2.36. The van der Waals surface area contributed by atoms with E-state index in [0.717, 1.165) is 22.4 Å². The fourth-order valence-electron chi connectivity index (χ4n) is 5.03. The number of carbonyl (C=O) groups is 1. The second-order valence-corrected chi connectivity index (χ2v) is 11.6. The number of para-hydroxylation sites is 1. The lowest BCUT2D eigenvalue weighted by Gasteiger charge is -2.17. The molecule has 10 heteroatoms. The van der Waals surface area contributed by atoms with Crippen LogP contribution < -0.4 is 19.8 Å². The molecule has 0 aliphatic carbocycles. The molecule has 5 aromatic rings. The predicted molar refractivity (Wildman–Crippen MR) is 178 cm³/mol. The van der Waals surface area contributed by atoms with E-state index in [1.165, 1.54) is 24.1 Å². The van der Waals surface area contributed by atoms with Gasteiger partial charge < -0.3 is 19.3 Å². The molecule has 0 saturated heterocycles. The molecule has 230 valence electrons. The number of aromatic nitrogens is 2. The van der Waals surface area contributed by atoms with E-state index in [1.807, 2.05) is 25.1 Å². The van der Waals surface area contributed by atoms with Gasteiger partial charge in [0, 0.05) is 15.6 Å². The number of methoxy groups -OCH3 is 2. The molecule has 1 heterocycles. The van der Waals surface area contributed by atoms with Crippen molar-refractivity contribution in [1.82, 2.24) is 9.66 Å². The number of carboxylic acids is 1. The summed E-state index contributed by atoms with van der Waals surface area (Å²) in [5, 5.41) is 14.5. The maximum atomic E-state index is 13.9. The van der Waals surface area contributed by atoms with Crippen molar-refractivity contribution in [3.05, 3.63) is 115 Å². The van der Waals surface area contributed by atoms with Gasteiger partial charge in [-0.25, -0.2) is 9.78 Å². The molecule has 1 aromatic heterocycles. The van der Waals surface area contributed by atoms with E-state index in [0.29, 0.717) is 43.8 Å². The predicted octanol–water partition coefficient (Wildman–Crippen LogP) is 7.43. The number of benzene rings is 4. The Morgan fingerprint density at radius 3 is 2.49 bits per heavy atom. The summed E-state index contributed by atoms with van der Waals surface area (Å²) in [6.07, 6.45) is 1.53. The van der Waals surface area contributed by atoms with Gasteiger partial charge in [0.15, 0.2) is 17.3 Å². The number of nitrogens with zero attached hydrogens (tertiary/aromatic N) is 3. The highest BCUT2D eigenvalue weighted by Gasteiger charge is 2.19. The van der Waals surface area contributed by atoms with E-state index in [9.17, 15) is 14.7 Å². The van der Waals surface area contributed by atoms with Crippen molar-refractivity contribution in [3.8, 4) is 28.6 Å². The summed E-state index contributed by atoms with van der Waals surface area (Å²) >= 11 is 3.52. The van der Waals surface area contributed by atoms with Crippen LogP contribution in [0, 0.1) is 6.92 Å². The van der Waals surface area contributed by atoms with Gasteiger partial charge in [-0.05, 0) is 78.1 Å². The molecule has 1 N–H and O–H groups in total. The van der Waals surface area contributed by atoms with Crippen LogP contribution >= 0.6 is 15.9 Å². The fourth-order valence-corrected chi connectivity index (χ4v) is 5.49. The van der Waals surface area contributed by atoms with Crippen LogP contribution in [-0.4, -0.2) is 41.2 Å². The van der Waals surface area contributed by atoms with E-state index in [1.54, 1.807) is 55.6 Å². The van der Waals surface area contributed by atoms with Gasteiger partial charge in [-0.3, -0.25) is 4.79 Å². The minimum atomic E-state index is -1.02. The van der Waals surface area contributed by atoms with Crippen molar-refractivity contribution in [2.75, 3.05) is 14.2 Å². The van der Waals surface area contributed by atoms with Gasteiger partial charge in [-0.15, -0.1) is 0 Å². The largest absolute Gasteiger partial charge is 0.496 e. The zero-order valence-corrected chi connectivity index (χ0v) is 27.1. The SMILES string of the molecule is COc1cc(C)c(-c2nc3ccccc3c(=O)n2N=Cc2cc(Br)cc(OC)c2OCc2cccc(C(=O)O)c2)cc1C(C)C. The van der Waals surface area contributed by atoms with Crippen molar-refractivity contribution in [1.29, 1.82) is 0 Å². The Morgan fingerprint density at radius 1 is 1.02 bits per heavy atom. The van der Waals surface area contributed by atoms with E-state index >= 15 is 0 Å². The maximum absolute atomic E-state index is 13.9. The summed E-state index contributed by atoms with van der Waals surface area (Å²) < 4.78 is 19.4. The van der Waals surface area contributed by atoms with Crippen LogP contribution in [0.3, 0.4) is 0 Å². The topological polar surface area (TPSA) is 112 Å². The molecule has 0 fully saturated rings. The second kappa shape index (κ2) is 13.4. The number of aryl methyl sites for hydroxylation is 1. The molecule has 0 bridgehead atoms. The lowest BCUT2D eigenvalue weighted by atomic mass is 9.96. The first kappa shape index (κ1) is 31.5. The maximum Gasteiger partial charge on any atom is 0.335 e. The molecule has 0 amide bonds. The minimum Gasteiger partial charge on any atom is -0.496 e. The van der Waals surface area contributed by atoms with Crippen LogP contribution in [0.25, 0.3) is 22.3 Å². The van der Waals surface area contributed by atoms with Gasteiger partial charge >= 0.3 is 5.97 Å². The molecular weight excluding hydrogens is 638 g/mol. The molecule has 0 unspecified atom stereocenters. The molecular formula is C35H32BrN3O6. The van der Waals surface area contributed by atoms with Gasteiger partial charge in [-0.1, -0.05) is 54.0 Å². The Hall–Kier alpha value is -4.96. The van der Waals surface area contributed by atoms with Crippen molar-refractivity contribution in [2.45, 2.75) is 33.3 Å². The van der Waals surface area contributed by atoms with Crippen LogP contribution in [0.15, 0.2) is 87.2 Å². The number of hydrogen-bond donors (Lipinski definition) is 1. The summed E-state index contributed by atoms with van der Waals surface area (Å²) in [5.74, 6) is 1.08. The normalized spacial score (nSPS) is 11.4. The van der Waals surface area contributed by atoms with Crippen LogP contribution in [-0.2, 0) is 6.61 Å². The quantitative estimate of drug-likeness (QED) is 0.154. The first-order valence-corrected chi connectivity index (χ1v) is 15.0. The van der Waals surface area contributed by atoms with Gasteiger partial charge in [0.1, 0.15) is 12.4 Å². The fraction of sp³-hybridized carbons (Fsp3) is 0.200. The number of hydrogen-bond acceptors (Lipinski definition) is 7. The van der Waals surface area contributed by atoms with E-state index < -0.39 is 5.97 Å². The lowest BCUT2D eigenvalue weighted by Crippen LogP contribution is -2.21. The number of rotatable bonds is 10. The molecule has 4 aromatic carbocycles. The molecule has 0 spiro atoms. The van der Waals surface area contributed by atoms with E-state index in [-0.39, 0.29) is 23.6 Å². The third-order valence-electron chi connectivity index (χ3n) is 7.33. The van der Waals surface area contributed by atoms with Crippen LogP contribution in [0.5, 0.6) is 17.2 Å². The highest BCUT2D eigenvalue weighted by molar-refractivity contribution is 9.10.